The molecular weight excluding hydrogens is 428 g/mol. The number of benzene rings is 2. The maximum Gasteiger partial charge on any atom is 0.243 e. The summed E-state index contributed by atoms with van der Waals surface area (Å²) in [5, 5.41) is 0. The number of aryl methyl sites for hydroxylation is 1. The number of likely N-dealkylation sites (N-methyl/N-ethyl adjacent to an activating group) is 1. The summed E-state index contributed by atoms with van der Waals surface area (Å²) in [6.07, 6.45) is 1.02. The van der Waals surface area contributed by atoms with Crippen molar-refractivity contribution in [2.45, 2.75) is 31.6 Å². The number of sulfonamides is 1. The molecule has 0 aromatic heterocycles. The zero-order valence-corrected chi connectivity index (χ0v) is 19.8. The second-order valence-electron chi connectivity index (χ2n) is 8.00. The first-order chi connectivity index (χ1) is 15.3. The van der Waals surface area contributed by atoms with Gasteiger partial charge in [0.25, 0.3) is 0 Å². The van der Waals surface area contributed by atoms with E-state index in [-0.39, 0.29) is 16.7 Å². The van der Waals surface area contributed by atoms with Gasteiger partial charge in [0.2, 0.25) is 15.9 Å². The molecule has 0 bridgehead atoms. The van der Waals surface area contributed by atoms with Crippen molar-refractivity contribution in [1.82, 2.24) is 9.21 Å². The van der Waals surface area contributed by atoms with Gasteiger partial charge in [0.15, 0.2) is 0 Å². The quantitative estimate of drug-likeness (QED) is 0.574. The molecule has 174 valence electrons. The van der Waals surface area contributed by atoms with Gasteiger partial charge in [0.1, 0.15) is 18.1 Å². The number of carbonyl (C=O) groups is 1. The molecule has 1 heterocycles. The van der Waals surface area contributed by atoms with E-state index < -0.39 is 10.0 Å². The first-order valence-corrected chi connectivity index (χ1v) is 12.4. The molecule has 3 rings (SSSR count). The lowest BCUT2D eigenvalue weighted by Gasteiger charge is -2.32. The molecule has 0 spiro atoms. The number of nitrogens with zero attached hydrogens (tertiary/aromatic N) is 2. The van der Waals surface area contributed by atoms with Crippen LogP contribution in [0.25, 0.3) is 0 Å². The molecule has 2 aromatic carbocycles. The molecule has 0 saturated carbocycles. The number of rotatable bonds is 9. The Morgan fingerprint density at radius 1 is 1.00 bits per heavy atom. The normalized spacial score (nSPS) is 15.3. The highest BCUT2D eigenvalue weighted by Gasteiger charge is 2.33. The fourth-order valence-corrected chi connectivity index (χ4v) is 5.19. The van der Waals surface area contributed by atoms with Gasteiger partial charge in [-0.3, -0.25) is 4.79 Å². The molecule has 1 amide bonds. The van der Waals surface area contributed by atoms with Gasteiger partial charge in [-0.15, -0.1) is 0 Å². The van der Waals surface area contributed by atoms with Crippen LogP contribution in [0.2, 0.25) is 0 Å². The summed E-state index contributed by atoms with van der Waals surface area (Å²) in [5.74, 6) is 1.29. The van der Waals surface area contributed by atoms with E-state index in [1.54, 1.807) is 36.2 Å². The molecular formula is C24H32N2O5S. The van der Waals surface area contributed by atoms with Crippen LogP contribution in [0.15, 0.2) is 53.4 Å². The minimum atomic E-state index is -3.58. The van der Waals surface area contributed by atoms with Gasteiger partial charge in [-0.25, -0.2) is 8.42 Å². The third-order valence-corrected chi connectivity index (χ3v) is 7.58. The molecule has 0 aliphatic carbocycles. The van der Waals surface area contributed by atoms with Crippen molar-refractivity contribution < 1.29 is 22.7 Å². The fraction of sp³-hybridized carbons (Fsp3) is 0.458. The number of hydrogen-bond acceptors (Lipinski definition) is 5. The summed E-state index contributed by atoms with van der Waals surface area (Å²) >= 11 is 0. The van der Waals surface area contributed by atoms with Crippen LogP contribution < -0.4 is 9.47 Å². The zero-order valence-electron chi connectivity index (χ0n) is 19.0. The molecule has 1 saturated heterocycles. The maximum atomic E-state index is 12.9. The molecule has 0 atom stereocenters. The Labute approximate surface area is 191 Å². The first kappa shape index (κ1) is 24.1. The molecule has 1 aliphatic heterocycles. The van der Waals surface area contributed by atoms with Crippen LogP contribution in [0.4, 0.5) is 0 Å². The summed E-state index contributed by atoms with van der Waals surface area (Å²) in [7, 11) is -1.81. The average molecular weight is 461 g/mol. The zero-order chi connectivity index (χ0) is 23.1. The van der Waals surface area contributed by atoms with E-state index in [2.05, 4.69) is 0 Å². The number of carbonyl (C=O) groups excluding carboxylic acids is 1. The van der Waals surface area contributed by atoms with E-state index in [4.69, 9.17) is 9.47 Å². The van der Waals surface area contributed by atoms with Gasteiger partial charge in [-0.1, -0.05) is 17.7 Å². The average Bonchev–Trinajstić information content (AvgIpc) is 2.80. The summed E-state index contributed by atoms with van der Waals surface area (Å²) < 4.78 is 38.4. The summed E-state index contributed by atoms with van der Waals surface area (Å²) in [4.78, 5) is 14.7. The fourth-order valence-electron chi connectivity index (χ4n) is 3.72. The Morgan fingerprint density at radius 2 is 1.56 bits per heavy atom. The molecule has 32 heavy (non-hydrogen) atoms. The van der Waals surface area contributed by atoms with Crippen LogP contribution in [0, 0.1) is 12.8 Å². The van der Waals surface area contributed by atoms with Gasteiger partial charge in [-0.05, 0) is 63.1 Å². The van der Waals surface area contributed by atoms with Crippen molar-refractivity contribution >= 4 is 15.9 Å². The highest BCUT2D eigenvalue weighted by Crippen LogP contribution is 2.26. The van der Waals surface area contributed by atoms with Crippen molar-refractivity contribution in [3.8, 4) is 11.5 Å². The van der Waals surface area contributed by atoms with E-state index in [9.17, 15) is 13.2 Å². The predicted molar refractivity (Wildman–Crippen MR) is 123 cm³/mol. The molecule has 1 aliphatic rings. The van der Waals surface area contributed by atoms with Gasteiger partial charge < -0.3 is 14.4 Å². The van der Waals surface area contributed by atoms with Crippen LogP contribution in [0.5, 0.6) is 11.5 Å². The molecule has 0 radical (unpaired) electrons. The monoisotopic (exact) mass is 460 g/mol. The summed E-state index contributed by atoms with van der Waals surface area (Å²) in [5.41, 5.74) is 1.17. The number of hydrogen-bond donors (Lipinski definition) is 0. The van der Waals surface area contributed by atoms with Crippen LogP contribution in [0.3, 0.4) is 0 Å². The van der Waals surface area contributed by atoms with Gasteiger partial charge in [0.05, 0.1) is 18.0 Å². The third kappa shape index (κ3) is 6.01. The van der Waals surface area contributed by atoms with Crippen LogP contribution in [0.1, 0.15) is 25.3 Å². The Morgan fingerprint density at radius 3 is 2.16 bits per heavy atom. The van der Waals surface area contributed by atoms with Gasteiger partial charge in [-0.2, -0.15) is 4.31 Å². The van der Waals surface area contributed by atoms with Crippen LogP contribution in [-0.4, -0.2) is 63.4 Å². The van der Waals surface area contributed by atoms with Crippen molar-refractivity contribution in [2.24, 2.45) is 5.92 Å². The Kier molecular flexibility index (Phi) is 8.15. The molecule has 7 nitrogen and oxygen atoms in total. The third-order valence-electron chi connectivity index (χ3n) is 5.67. The van der Waals surface area contributed by atoms with E-state index in [0.717, 1.165) is 5.75 Å². The van der Waals surface area contributed by atoms with Crippen molar-refractivity contribution in [3.05, 3.63) is 54.1 Å². The molecule has 2 aromatic rings. The Balaban J connectivity index is 1.48. The van der Waals surface area contributed by atoms with E-state index in [1.807, 2.05) is 38.1 Å². The summed E-state index contributed by atoms with van der Waals surface area (Å²) in [6.45, 7) is 5.99. The highest BCUT2D eigenvalue weighted by atomic mass is 32.2. The predicted octanol–water partition coefficient (Wildman–Crippen LogP) is 3.33. The van der Waals surface area contributed by atoms with E-state index >= 15 is 0 Å². The molecule has 0 unspecified atom stereocenters. The Hall–Kier alpha value is -2.58. The van der Waals surface area contributed by atoms with Gasteiger partial charge in [0, 0.05) is 26.1 Å². The first-order valence-electron chi connectivity index (χ1n) is 11.0. The minimum Gasteiger partial charge on any atom is -0.494 e. The van der Waals surface area contributed by atoms with Gasteiger partial charge >= 0.3 is 0 Å². The minimum absolute atomic E-state index is 0.0376. The van der Waals surface area contributed by atoms with Crippen LogP contribution in [-0.2, 0) is 14.8 Å². The standard InChI is InChI=1S/C24H32N2O5S/c1-4-30-21-9-11-23(12-10-21)32(28,29)26-15-13-20(14-16-26)24(27)25(3)17-18-31-22-7-5-19(2)6-8-22/h5-12,20H,4,13-18H2,1-3H3. The number of piperidine rings is 1. The van der Waals surface area contributed by atoms with E-state index in [1.165, 1.54) is 9.87 Å². The summed E-state index contributed by atoms with van der Waals surface area (Å²) in [6, 6.07) is 14.3. The highest BCUT2D eigenvalue weighted by molar-refractivity contribution is 7.89. The van der Waals surface area contributed by atoms with E-state index in [0.29, 0.717) is 51.4 Å². The maximum absolute atomic E-state index is 12.9. The van der Waals surface area contributed by atoms with Crippen LogP contribution >= 0.6 is 0 Å². The smallest absolute Gasteiger partial charge is 0.243 e. The second-order valence-corrected chi connectivity index (χ2v) is 9.94. The lowest BCUT2D eigenvalue weighted by Crippen LogP contribution is -2.44. The van der Waals surface area contributed by atoms with Crippen molar-refractivity contribution in [2.75, 3.05) is 39.9 Å². The lowest BCUT2D eigenvalue weighted by atomic mass is 9.97. The number of ether oxygens (including phenoxy) is 2. The van der Waals surface area contributed by atoms with Crippen molar-refractivity contribution in [3.63, 3.8) is 0 Å². The molecule has 0 N–H and O–H groups in total. The topological polar surface area (TPSA) is 76.2 Å². The largest absolute Gasteiger partial charge is 0.494 e. The Bertz CT molecular complexity index is 982. The van der Waals surface area contributed by atoms with Crippen molar-refractivity contribution in [1.29, 1.82) is 0 Å². The lowest BCUT2D eigenvalue weighted by molar-refractivity contribution is -0.135. The SMILES string of the molecule is CCOc1ccc(S(=O)(=O)N2CCC(C(=O)N(C)CCOc3ccc(C)cc3)CC2)cc1. The molecule has 8 heteroatoms. The molecule has 1 fully saturated rings. The second kappa shape index (κ2) is 10.8. The number of amides is 1.